The Hall–Kier alpha value is -0.800. The van der Waals surface area contributed by atoms with Gasteiger partial charge < -0.3 is 4.90 Å². The van der Waals surface area contributed by atoms with E-state index >= 15 is 0 Å². The molecule has 3 nitrogen and oxygen atoms in total. The summed E-state index contributed by atoms with van der Waals surface area (Å²) in [4.78, 5) is 1.63. The van der Waals surface area contributed by atoms with Gasteiger partial charge in [-0.05, 0) is 12.8 Å². The zero-order chi connectivity index (χ0) is 9.68. The first kappa shape index (κ1) is 10.3. The summed E-state index contributed by atoms with van der Waals surface area (Å²) in [7, 11) is 0. The van der Waals surface area contributed by atoms with Gasteiger partial charge in [0, 0.05) is 13.1 Å². The van der Waals surface area contributed by atoms with Crippen molar-refractivity contribution in [1.29, 1.82) is 0 Å². The van der Waals surface area contributed by atoms with Gasteiger partial charge in [-0.1, -0.05) is 20.3 Å². The van der Waals surface area contributed by atoms with Crippen LogP contribution in [0.4, 0.5) is 4.39 Å². The highest BCUT2D eigenvalue weighted by Crippen LogP contribution is 2.14. The summed E-state index contributed by atoms with van der Waals surface area (Å²) in [6.45, 7) is 5.59. The molecule has 1 rings (SSSR count). The molecule has 1 unspecified atom stereocenters. The maximum Gasteiger partial charge on any atom is 0.265 e. The Balaban J connectivity index is 2.32. The van der Waals surface area contributed by atoms with E-state index in [2.05, 4.69) is 12.0 Å². The molecule has 0 spiro atoms. The van der Waals surface area contributed by atoms with Crippen molar-refractivity contribution in [3.05, 3.63) is 0 Å². The minimum atomic E-state index is -1.04. The number of hydrazone groups is 1. The first-order chi connectivity index (χ1) is 6.29. The van der Waals surface area contributed by atoms with E-state index in [1.807, 2.05) is 6.92 Å². The number of nitrogens with zero attached hydrogens (tertiary/aromatic N) is 3. The number of alkyl halides is 1. The second kappa shape index (κ2) is 5.04. The molecule has 0 saturated carbocycles. The van der Waals surface area contributed by atoms with Gasteiger partial charge in [-0.3, -0.25) is 0 Å². The van der Waals surface area contributed by atoms with E-state index in [4.69, 9.17) is 0 Å². The van der Waals surface area contributed by atoms with Crippen LogP contribution in [0.15, 0.2) is 5.10 Å². The molecule has 0 radical (unpaired) electrons. The van der Waals surface area contributed by atoms with Gasteiger partial charge in [0.2, 0.25) is 0 Å². The number of hydrogen-bond acceptors (Lipinski definition) is 3. The van der Waals surface area contributed by atoms with Crippen molar-refractivity contribution in [2.45, 2.75) is 39.5 Å². The fourth-order valence-electron chi connectivity index (χ4n) is 1.32. The average molecular weight is 187 g/mol. The molecule has 0 aromatic heterocycles. The number of hydrogen-bond donors (Lipinski definition) is 0. The third-order valence-electron chi connectivity index (χ3n) is 2.09. The molecule has 0 bridgehead atoms. The van der Waals surface area contributed by atoms with Crippen molar-refractivity contribution < 1.29 is 4.39 Å². The van der Waals surface area contributed by atoms with Crippen LogP contribution in [0.1, 0.15) is 33.1 Å². The Morgan fingerprint density at radius 2 is 2.08 bits per heavy atom. The van der Waals surface area contributed by atoms with Crippen molar-refractivity contribution in [2.24, 2.45) is 5.10 Å². The first-order valence-corrected chi connectivity index (χ1v) is 5.00. The smallest absolute Gasteiger partial charge is 0.265 e. The summed E-state index contributed by atoms with van der Waals surface area (Å²) in [6, 6.07) is 0. The van der Waals surface area contributed by atoms with Crippen LogP contribution in [0.25, 0.3) is 0 Å². The molecule has 0 aromatic rings. The summed E-state index contributed by atoms with van der Waals surface area (Å²) < 4.78 is 13.5. The molecule has 13 heavy (non-hydrogen) atoms. The van der Waals surface area contributed by atoms with Crippen LogP contribution in [-0.4, -0.2) is 35.8 Å². The van der Waals surface area contributed by atoms with Crippen LogP contribution >= 0.6 is 0 Å². The van der Waals surface area contributed by atoms with Gasteiger partial charge in [-0.25, -0.2) is 5.01 Å². The summed E-state index contributed by atoms with van der Waals surface area (Å²) in [5.74, 6) is 0. The van der Waals surface area contributed by atoms with Gasteiger partial charge in [0.25, 0.3) is 6.42 Å². The van der Waals surface area contributed by atoms with Crippen LogP contribution < -0.4 is 0 Å². The molecule has 76 valence electrons. The Morgan fingerprint density at radius 1 is 1.31 bits per heavy atom. The molecule has 1 aliphatic heterocycles. The third-order valence-corrected chi connectivity index (χ3v) is 2.09. The maximum atomic E-state index is 13.5. The van der Waals surface area contributed by atoms with E-state index in [1.54, 1.807) is 11.2 Å². The summed E-state index contributed by atoms with van der Waals surface area (Å²) >= 11 is 0. The molecule has 0 aliphatic carbocycles. The largest absolute Gasteiger partial charge is 0.313 e. The van der Waals surface area contributed by atoms with Crippen LogP contribution in [-0.2, 0) is 0 Å². The third kappa shape index (κ3) is 2.57. The van der Waals surface area contributed by atoms with Crippen LogP contribution in [0.3, 0.4) is 0 Å². The molecule has 1 atom stereocenters. The minimum Gasteiger partial charge on any atom is -0.313 e. The predicted octanol–water partition coefficient (Wildman–Crippen LogP) is 2.01. The van der Waals surface area contributed by atoms with E-state index in [-0.39, 0.29) is 0 Å². The van der Waals surface area contributed by atoms with E-state index in [9.17, 15) is 4.39 Å². The van der Waals surface area contributed by atoms with E-state index in [0.29, 0.717) is 6.54 Å². The lowest BCUT2D eigenvalue weighted by atomic mass is 10.3. The lowest BCUT2D eigenvalue weighted by Crippen LogP contribution is -2.36. The second-order valence-electron chi connectivity index (χ2n) is 3.30. The Bertz CT molecular complexity index is 172. The van der Waals surface area contributed by atoms with Crippen LogP contribution in [0.5, 0.6) is 0 Å². The minimum absolute atomic E-state index is 0.717. The fraction of sp³-hybridized carbons (Fsp3) is 0.889. The zero-order valence-corrected chi connectivity index (χ0v) is 8.41. The SMILES string of the molecule is CCCCN1N=CN(CCC)C1F. The number of halogens is 1. The molecule has 1 heterocycles. The normalized spacial score (nSPS) is 21.6. The Kier molecular flexibility index (Phi) is 3.99. The second-order valence-corrected chi connectivity index (χ2v) is 3.30. The zero-order valence-electron chi connectivity index (χ0n) is 8.41. The molecule has 4 heteroatoms. The van der Waals surface area contributed by atoms with Crippen molar-refractivity contribution in [3.8, 4) is 0 Å². The highest BCUT2D eigenvalue weighted by molar-refractivity contribution is 5.56. The van der Waals surface area contributed by atoms with Crippen molar-refractivity contribution in [2.75, 3.05) is 13.1 Å². The maximum absolute atomic E-state index is 13.5. The monoisotopic (exact) mass is 187 g/mol. The quantitative estimate of drug-likeness (QED) is 0.613. The average Bonchev–Trinajstić information content (AvgIpc) is 2.46. The van der Waals surface area contributed by atoms with Gasteiger partial charge in [0.1, 0.15) is 6.34 Å². The van der Waals surface area contributed by atoms with Gasteiger partial charge >= 0.3 is 0 Å². The van der Waals surface area contributed by atoms with E-state index in [1.165, 1.54) is 5.01 Å². The lowest BCUT2D eigenvalue weighted by molar-refractivity contribution is 0.0148. The van der Waals surface area contributed by atoms with Crippen molar-refractivity contribution in [1.82, 2.24) is 9.91 Å². The molecule has 0 fully saturated rings. The molecule has 0 amide bonds. The van der Waals surface area contributed by atoms with Gasteiger partial charge in [-0.2, -0.15) is 9.49 Å². The molecular formula is C9H18FN3. The van der Waals surface area contributed by atoms with Gasteiger partial charge in [-0.15, -0.1) is 0 Å². The van der Waals surface area contributed by atoms with Crippen LogP contribution in [0.2, 0.25) is 0 Å². The summed E-state index contributed by atoms with van der Waals surface area (Å²) in [5.41, 5.74) is 0. The topological polar surface area (TPSA) is 18.8 Å². The number of rotatable bonds is 5. The summed E-state index contributed by atoms with van der Waals surface area (Å²) in [5, 5.41) is 5.53. The fourth-order valence-corrected chi connectivity index (χ4v) is 1.32. The van der Waals surface area contributed by atoms with Crippen molar-refractivity contribution in [3.63, 3.8) is 0 Å². The lowest BCUT2D eigenvalue weighted by Gasteiger charge is -2.23. The Labute approximate surface area is 79.2 Å². The van der Waals surface area contributed by atoms with Gasteiger partial charge in [0.05, 0.1) is 0 Å². The summed E-state index contributed by atoms with van der Waals surface area (Å²) in [6.07, 6.45) is 3.59. The number of unbranched alkanes of at least 4 members (excludes halogenated alkanes) is 1. The highest BCUT2D eigenvalue weighted by Gasteiger charge is 2.25. The highest BCUT2D eigenvalue weighted by atomic mass is 19.1. The first-order valence-electron chi connectivity index (χ1n) is 5.00. The van der Waals surface area contributed by atoms with E-state index < -0.39 is 6.42 Å². The standard InChI is InChI=1S/C9H18FN3/c1-3-5-7-13-9(10)12(6-4-2)8-11-13/h8-9H,3-7H2,1-2H3. The molecule has 0 aromatic carbocycles. The molecule has 0 N–H and O–H groups in total. The molecule has 1 aliphatic rings. The van der Waals surface area contributed by atoms with Crippen LogP contribution in [0, 0.1) is 0 Å². The molecular weight excluding hydrogens is 169 g/mol. The van der Waals surface area contributed by atoms with E-state index in [0.717, 1.165) is 25.8 Å². The van der Waals surface area contributed by atoms with Gasteiger partial charge in [0.15, 0.2) is 0 Å². The Morgan fingerprint density at radius 3 is 2.69 bits per heavy atom. The predicted molar refractivity (Wildman–Crippen MR) is 52.0 cm³/mol. The van der Waals surface area contributed by atoms with Crippen molar-refractivity contribution >= 4 is 6.34 Å². The molecule has 0 saturated heterocycles.